The summed E-state index contributed by atoms with van der Waals surface area (Å²) in [5.74, 6) is -0.0395. The van der Waals surface area contributed by atoms with Crippen molar-refractivity contribution in [1.82, 2.24) is 5.32 Å². The summed E-state index contributed by atoms with van der Waals surface area (Å²) in [5, 5.41) is 5.49. The van der Waals surface area contributed by atoms with Gasteiger partial charge in [0.1, 0.15) is 6.04 Å². The molecule has 19 heavy (non-hydrogen) atoms. The van der Waals surface area contributed by atoms with Gasteiger partial charge in [-0.25, -0.2) is 4.79 Å². The number of benzene rings is 1. The Hall–Kier alpha value is -2.04. The summed E-state index contributed by atoms with van der Waals surface area (Å²) < 4.78 is 0. The molecule has 5 nitrogen and oxygen atoms in total. The first-order valence-electron chi connectivity index (χ1n) is 6.51. The lowest BCUT2D eigenvalue weighted by atomic mass is 9.94. The van der Waals surface area contributed by atoms with Gasteiger partial charge in [0, 0.05) is 7.05 Å². The number of urea groups is 1. The molecule has 0 aromatic heterocycles. The molecule has 1 heterocycles. The van der Waals surface area contributed by atoms with Gasteiger partial charge in [-0.15, -0.1) is 0 Å². The molecule has 0 aliphatic carbocycles. The summed E-state index contributed by atoms with van der Waals surface area (Å²) >= 11 is 0. The maximum absolute atomic E-state index is 12.3. The number of hydrogen-bond donors (Lipinski definition) is 2. The lowest BCUT2D eigenvalue weighted by molar-refractivity contribution is -0.118. The molecular formula is C14H19N3O2. The monoisotopic (exact) mass is 261 g/mol. The summed E-state index contributed by atoms with van der Waals surface area (Å²) in [6.45, 7) is 3.99. The summed E-state index contributed by atoms with van der Waals surface area (Å²) in [6.07, 6.45) is 0.827. The van der Waals surface area contributed by atoms with Gasteiger partial charge in [0.15, 0.2) is 0 Å². The standard InChI is InChI=1S/C14H19N3O2/c1-4-9(2)12-13(18)16-10-7-5-6-8-11(10)17(12)14(19)15-3/h5-9,12H,4H2,1-3H3,(H,15,19)(H,16,18)/t9-,12-/m0/s1. The second-order valence-electron chi connectivity index (χ2n) is 4.76. The molecule has 0 radical (unpaired) electrons. The molecule has 5 heteroatoms. The Morgan fingerprint density at radius 3 is 2.79 bits per heavy atom. The lowest BCUT2D eigenvalue weighted by Gasteiger charge is -2.38. The van der Waals surface area contributed by atoms with E-state index in [1.54, 1.807) is 18.0 Å². The average molecular weight is 261 g/mol. The molecule has 0 bridgehead atoms. The summed E-state index contributed by atoms with van der Waals surface area (Å²) in [5.41, 5.74) is 1.42. The second kappa shape index (κ2) is 5.30. The number of carbonyl (C=O) groups excluding carboxylic acids is 2. The Labute approximate surface area is 113 Å². The molecule has 1 aromatic rings. The molecule has 0 saturated carbocycles. The van der Waals surface area contributed by atoms with Crippen molar-refractivity contribution in [2.45, 2.75) is 26.3 Å². The number of para-hydroxylation sites is 2. The third-order valence-electron chi connectivity index (χ3n) is 3.58. The van der Waals surface area contributed by atoms with Crippen molar-refractivity contribution in [2.24, 2.45) is 5.92 Å². The Morgan fingerprint density at radius 1 is 1.47 bits per heavy atom. The van der Waals surface area contributed by atoms with E-state index in [9.17, 15) is 9.59 Å². The quantitative estimate of drug-likeness (QED) is 0.857. The Balaban J connectivity index is 2.51. The number of carbonyl (C=O) groups is 2. The number of nitrogens with zero attached hydrogens (tertiary/aromatic N) is 1. The van der Waals surface area contributed by atoms with Crippen LogP contribution in [0, 0.1) is 5.92 Å². The van der Waals surface area contributed by atoms with Crippen LogP contribution in [0.4, 0.5) is 16.2 Å². The smallest absolute Gasteiger partial charge is 0.322 e. The van der Waals surface area contributed by atoms with Crippen LogP contribution in [0.2, 0.25) is 0 Å². The highest BCUT2D eigenvalue weighted by atomic mass is 16.2. The van der Waals surface area contributed by atoms with Crippen LogP contribution in [-0.4, -0.2) is 25.0 Å². The number of anilines is 2. The van der Waals surface area contributed by atoms with Crippen molar-refractivity contribution in [3.63, 3.8) is 0 Å². The number of hydrogen-bond acceptors (Lipinski definition) is 2. The molecule has 0 unspecified atom stereocenters. The zero-order chi connectivity index (χ0) is 14.0. The molecule has 2 atom stereocenters. The van der Waals surface area contributed by atoms with E-state index in [0.29, 0.717) is 5.69 Å². The fourth-order valence-corrected chi connectivity index (χ4v) is 2.36. The van der Waals surface area contributed by atoms with Crippen LogP contribution < -0.4 is 15.5 Å². The van der Waals surface area contributed by atoms with Gasteiger partial charge in [0.2, 0.25) is 5.91 Å². The van der Waals surface area contributed by atoms with E-state index in [1.165, 1.54) is 0 Å². The normalized spacial score (nSPS) is 19.4. The van der Waals surface area contributed by atoms with Crippen LogP contribution in [0.5, 0.6) is 0 Å². The van der Waals surface area contributed by atoms with E-state index in [4.69, 9.17) is 0 Å². The van der Waals surface area contributed by atoms with Crippen LogP contribution in [0.3, 0.4) is 0 Å². The topological polar surface area (TPSA) is 61.4 Å². The van der Waals surface area contributed by atoms with E-state index in [-0.39, 0.29) is 17.9 Å². The van der Waals surface area contributed by atoms with Crippen LogP contribution in [0.1, 0.15) is 20.3 Å². The van der Waals surface area contributed by atoms with Crippen LogP contribution in [-0.2, 0) is 4.79 Å². The zero-order valence-corrected chi connectivity index (χ0v) is 11.4. The third-order valence-corrected chi connectivity index (χ3v) is 3.58. The fourth-order valence-electron chi connectivity index (χ4n) is 2.36. The van der Waals surface area contributed by atoms with Gasteiger partial charge in [0.25, 0.3) is 0 Å². The van der Waals surface area contributed by atoms with Crippen molar-refractivity contribution in [1.29, 1.82) is 0 Å². The van der Waals surface area contributed by atoms with Crippen molar-refractivity contribution >= 4 is 23.3 Å². The predicted octanol–water partition coefficient (Wildman–Crippen LogP) is 2.20. The SMILES string of the molecule is CC[C@H](C)[C@H]1C(=O)Nc2ccccc2N1C(=O)NC. The van der Waals surface area contributed by atoms with E-state index < -0.39 is 6.04 Å². The maximum atomic E-state index is 12.3. The molecule has 102 valence electrons. The largest absolute Gasteiger partial charge is 0.341 e. The molecule has 2 rings (SSSR count). The zero-order valence-electron chi connectivity index (χ0n) is 11.4. The molecule has 1 aliphatic heterocycles. The lowest BCUT2D eigenvalue weighted by Crippen LogP contribution is -2.56. The average Bonchev–Trinajstić information content (AvgIpc) is 2.44. The molecule has 0 fully saturated rings. The van der Waals surface area contributed by atoms with Crippen LogP contribution in [0.25, 0.3) is 0 Å². The van der Waals surface area contributed by atoms with E-state index in [1.807, 2.05) is 32.0 Å². The minimum atomic E-state index is -0.472. The molecule has 0 saturated heterocycles. The number of fused-ring (bicyclic) bond motifs is 1. The summed E-state index contributed by atoms with van der Waals surface area (Å²) in [7, 11) is 1.57. The minimum Gasteiger partial charge on any atom is -0.341 e. The molecular weight excluding hydrogens is 242 g/mol. The predicted molar refractivity (Wildman–Crippen MR) is 75.2 cm³/mol. The number of nitrogens with one attached hydrogen (secondary N) is 2. The van der Waals surface area contributed by atoms with Gasteiger partial charge < -0.3 is 10.6 Å². The Morgan fingerprint density at radius 2 is 2.16 bits per heavy atom. The Kier molecular flexibility index (Phi) is 3.74. The van der Waals surface area contributed by atoms with Crippen molar-refractivity contribution in [3.8, 4) is 0 Å². The van der Waals surface area contributed by atoms with Crippen molar-refractivity contribution in [3.05, 3.63) is 24.3 Å². The van der Waals surface area contributed by atoms with E-state index in [2.05, 4.69) is 10.6 Å². The molecule has 2 N–H and O–H groups in total. The first-order valence-corrected chi connectivity index (χ1v) is 6.51. The third kappa shape index (κ3) is 2.28. The van der Waals surface area contributed by atoms with Gasteiger partial charge in [-0.1, -0.05) is 32.4 Å². The molecule has 0 spiro atoms. The summed E-state index contributed by atoms with van der Waals surface area (Å²) in [6, 6.07) is 6.62. The van der Waals surface area contributed by atoms with Gasteiger partial charge in [-0.2, -0.15) is 0 Å². The first kappa shape index (κ1) is 13.4. The van der Waals surface area contributed by atoms with Crippen LogP contribution in [0.15, 0.2) is 24.3 Å². The number of amides is 3. The Bertz CT molecular complexity index is 501. The van der Waals surface area contributed by atoms with E-state index >= 15 is 0 Å². The highest BCUT2D eigenvalue weighted by Gasteiger charge is 2.39. The highest BCUT2D eigenvalue weighted by Crippen LogP contribution is 2.34. The van der Waals surface area contributed by atoms with Gasteiger partial charge >= 0.3 is 6.03 Å². The second-order valence-corrected chi connectivity index (χ2v) is 4.76. The number of rotatable bonds is 2. The first-order chi connectivity index (χ1) is 9.10. The summed E-state index contributed by atoms with van der Waals surface area (Å²) in [4.78, 5) is 26.0. The fraction of sp³-hybridized carbons (Fsp3) is 0.429. The van der Waals surface area contributed by atoms with Crippen molar-refractivity contribution < 1.29 is 9.59 Å². The molecule has 1 aliphatic rings. The maximum Gasteiger partial charge on any atom is 0.322 e. The van der Waals surface area contributed by atoms with E-state index in [0.717, 1.165) is 12.1 Å². The van der Waals surface area contributed by atoms with Crippen LogP contribution >= 0.6 is 0 Å². The molecule has 1 aromatic carbocycles. The molecule has 3 amide bonds. The highest BCUT2D eigenvalue weighted by molar-refractivity contribution is 6.11. The van der Waals surface area contributed by atoms with Gasteiger partial charge in [0.05, 0.1) is 11.4 Å². The van der Waals surface area contributed by atoms with Crippen molar-refractivity contribution in [2.75, 3.05) is 17.3 Å². The minimum absolute atomic E-state index is 0.0886. The van der Waals surface area contributed by atoms with Gasteiger partial charge in [-0.3, -0.25) is 9.69 Å². The van der Waals surface area contributed by atoms with Gasteiger partial charge in [-0.05, 0) is 18.1 Å².